The van der Waals surface area contributed by atoms with Gasteiger partial charge in [0.05, 0.1) is 11.5 Å². The third-order valence-electron chi connectivity index (χ3n) is 5.71. The van der Waals surface area contributed by atoms with E-state index < -0.39 is 9.84 Å². The second-order valence-corrected chi connectivity index (χ2v) is 10.1. The Morgan fingerprint density at radius 2 is 1.77 bits per heavy atom. The van der Waals surface area contributed by atoms with E-state index in [-0.39, 0.29) is 29.4 Å². The van der Waals surface area contributed by atoms with Gasteiger partial charge in [-0.1, -0.05) is 23.8 Å². The van der Waals surface area contributed by atoms with Gasteiger partial charge in [-0.3, -0.25) is 9.80 Å². The highest BCUT2D eigenvalue weighted by Gasteiger charge is 2.46. The summed E-state index contributed by atoms with van der Waals surface area (Å²) in [7, 11) is -3.03. The largest absolute Gasteiger partial charge is 0.293 e. The molecule has 0 unspecified atom stereocenters. The normalized spacial score (nSPS) is 25.9. The molecule has 0 radical (unpaired) electrons. The fourth-order valence-corrected chi connectivity index (χ4v) is 6.11. The molecule has 2 atom stereocenters. The number of rotatable bonds is 4. The van der Waals surface area contributed by atoms with Crippen LogP contribution in [0.1, 0.15) is 30.5 Å². The second kappa shape index (κ2) is 7.41. The van der Waals surface area contributed by atoms with Gasteiger partial charge in [-0.2, -0.15) is 0 Å². The molecule has 2 fully saturated rings. The van der Waals surface area contributed by atoms with Crippen LogP contribution in [-0.2, 0) is 16.4 Å². The Morgan fingerprint density at radius 1 is 1.15 bits per heavy atom. The van der Waals surface area contributed by atoms with E-state index in [0.717, 1.165) is 25.2 Å². The number of benzene rings is 1. The average molecular weight is 381 g/mol. The molecule has 0 N–H and O–H groups in total. The molecule has 1 aromatic carbocycles. The number of hydrogen-bond donors (Lipinski definition) is 0. The molecular weight excluding hydrogens is 351 g/mol. The van der Waals surface area contributed by atoms with Crippen LogP contribution in [0.2, 0.25) is 0 Å². The van der Waals surface area contributed by atoms with Crippen molar-refractivity contribution in [2.24, 2.45) is 0 Å². The van der Waals surface area contributed by atoms with Crippen molar-refractivity contribution in [1.82, 2.24) is 9.80 Å². The van der Waals surface area contributed by atoms with Gasteiger partial charge in [-0.15, -0.1) is 0 Å². The van der Waals surface area contributed by atoms with Gasteiger partial charge in [0.2, 0.25) is 0 Å². The summed E-state index contributed by atoms with van der Waals surface area (Å²) in [5.41, 5.74) is 3.53. The summed E-state index contributed by atoms with van der Waals surface area (Å²) in [5, 5.41) is 0. The summed E-state index contributed by atoms with van der Waals surface area (Å²) in [4.78, 5) is 4.53. The van der Waals surface area contributed by atoms with Crippen LogP contribution in [-0.4, -0.2) is 61.4 Å². The Hall–Kier alpha value is -1.24. The quantitative estimate of drug-likeness (QED) is 0.753. The van der Waals surface area contributed by atoms with Crippen LogP contribution in [0, 0.1) is 19.7 Å². The van der Waals surface area contributed by atoms with Crippen LogP contribution < -0.4 is 0 Å². The molecule has 0 aromatic heterocycles. The van der Waals surface area contributed by atoms with Crippen molar-refractivity contribution < 1.29 is 12.8 Å². The van der Waals surface area contributed by atoms with Gasteiger partial charge < -0.3 is 0 Å². The minimum absolute atomic E-state index is 0.0110. The van der Waals surface area contributed by atoms with E-state index in [4.69, 9.17) is 0 Å². The third kappa shape index (κ3) is 4.02. The van der Waals surface area contributed by atoms with Crippen molar-refractivity contribution in [3.05, 3.63) is 46.3 Å². The van der Waals surface area contributed by atoms with Gasteiger partial charge in [-0.25, -0.2) is 12.8 Å². The highest BCUT2D eigenvalue weighted by molar-refractivity contribution is 7.91. The van der Waals surface area contributed by atoms with Crippen molar-refractivity contribution >= 4 is 9.84 Å². The van der Waals surface area contributed by atoms with Crippen LogP contribution in [0.25, 0.3) is 0 Å². The Labute approximate surface area is 156 Å². The zero-order valence-electron chi connectivity index (χ0n) is 16.1. The van der Waals surface area contributed by atoms with Gasteiger partial charge in [0.1, 0.15) is 5.82 Å². The maximum absolute atomic E-state index is 14.2. The van der Waals surface area contributed by atoms with Gasteiger partial charge in [0.25, 0.3) is 0 Å². The van der Waals surface area contributed by atoms with Gasteiger partial charge in [0, 0.05) is 38.3 Å². The van der Waals surface area contributed by atoms with Crippen LogP contribution in [0.15, 0.2) is 23.8 Å². The smallest absolute Gasteiger partial charge is 0.153 e. The lowest BCUT2D eigenvalue weighted by atomic mass is 10.0. The maximum atomic E-state index is 14.2. The van der Waals surface area contributed by atoms with Crippen LogP contribution in [0.4, 0.5) is 4.39 Å². The molecule has 0 spiro atoms. The third-order valence-corrected chi connectivity index (χ3v) is 7.40. The fourth-order valence-electron chi connectivity index (χ4n) is 4.07. The Bertz CT molecular complexity index is 815. The van der Waals surface area contributed by atoms with Gasteiger partial charge >= 0.3 is 0 Å². The topological polar surface area (TPSA) is 40.6 Å². The molecule has 144 valence electrons. The first-order chi connectivity index (χ1) is 12.2. The predicted octanol–water partition coefficient (Wildman–Crippen LogP) is 2.69. The number of piperazine rings is 1. The van der Waals surface area contributed by atoms with Crippen molar-refractivity contribution in [2.75, 3.05) is 31.1 Å². The van der Waals surface area contributed by atoms with E-state index in [2.05, 4.69) is 29.7 Å². The van der Waals surface area contributed by atoms with Crippen LogP contribution >= 0.6 is 0 Å². The second-order valence-electron chi connectivity index (χ2n) is 7.94. The van der Waals surface area contributed by atoms with E-state index in [1.165, 1.54) is 5.57 Å². The lowest BCUT2D eigenvalue weighted by Gasteiger charge is -2.43. The molecule has 2 aliphatic rings. The van der Waals surface area contributed by atoms with Crippen LogP contribution in [0.3, 0.4) is 0 Å². The number of allylic oxidation sites excluding steroid dienone is 1. The molecule has 1 aromatic rings. The molecule has 26 heavy (non-hydrogen) atoms. The van der Waals surface area contributed by atoms with Crippen molar-refractivity contribution in [2.45, 2.75) is 46.3 Å². The molecule has 6 heteroatoms. The lowest BCUT2D eigenvalue weighted by Crippen LogP contribution is -2.58. The fraction of sp³-hybridized carbons (Fsp3) is 0.600. The molecular formula is C20H29FN2O2S. The minimum Gasteiger partial charge on any atom is -0.293 e. The number of aryl methyl sites for hydroxylation is 1. The van der Waals surface area contributed by atoms with E-state index in [1.54, 1.807) is 6.92 Å². The zero-order valence-corrected chi connectivity index (χ0v) is 16.9. The van der Waals surface area contributed by atoms with Gasteiger partial charge in [0.15, 0.2) is 9.84 Å². The summed E-state index contributed by atoms with van der Waals surface area (Å²) in [5.74, 6) is 0.280. The summed E-state index contributed by atoms with van der Waals surface area (Å²) in [6, 6.07) is 3.80. The number of fused-ring (bicyclic) bond motifs is 1. The molecule has 2 aliphatic heterocycles. The van der Waals surface area contributed by atoms with Crippen molar-refractivity contribution in [1.29, 1.82) is 0 Å². The highest BCUT2D eigenvalue weighted by Crippen LogP contribution is 2.29. The zero-order chi connectivity index (χ0) is 19.1. The monoisotopic (exact) mass is 380 g/mol. The van der Waals surface area contributed by atoms with E-state index in [1.807, 2.05) is 19.1 Å². The molecule has 4 nitrogen and oxygen atoms in total. The number of halogens is 1. The van der Waals surface area contributed by atoms with E-state index in [9.17, 15) is 12.8 Å². The predicted molar refractivity (Wildman–Crippen MR) is 104 cm³/mol. The number of hydrogen-bond acceptors (Lipinski definition) is 4. The first-order valence-corrected chi connectivity index (χ1v) is 11.1. The lowest BCUT2D eigenvalue weighted by molar-refractivity contribution is 0.0476. The van der Waals surface area contributed by atoms with Crippen LogP contribution in [0.5, 0.6) is 0 Å². The SMILES string of the molecule is CC(C)=CCN1CCN(Cc2ccc(C)c(F)c2C)[C@H]2CS(=O)(=O)C[C@H]21. The van der Waals surface area contributed by atoms with E-state index >= 15 is 0 Å². The Kier molecular flexibility index (Phi) is 5.56. The van der Waals surface area contributed by atoms with Gasteiger partial charge in [-0.05, 0) is 44.4 Å². The molecule has 2 saturated heterocycles. The maximum Gasteiger partial charge on any atom is 0.153 e. The average Bonchev–Trinajstić information content (AvgIpc) is 2.89. The van der Waals surface area contributed by atoms with E-state index in [0.29, 0.717) is 17.7 Å². The summed E-state index contributed by atoms with van der Waals surface area (Å²) < 4.78 is 38.9. The summed E-state index contributed by atoms with van der Waals surface area (Å²) in [6.45, 7) is 10.8. The first kappa shape index (κ1) is 19.5. The molecule has 0 aliphatic carbocycles. The molecule has 0 bridgehead atoms. The number of sulfone groups is 1. The number of nitrogens with zero attached hydrogens (tertiary/aromatic N) is 2. The Balaban J connectivity index is 1.82. The summed E-state index contributed by atoms with van der Waals surface area (Å²) >= 11 is 0. The first-order valence-electron chi connectivity index (χ1n) is 9.24. The highest BCUT2D eigenvalue weighted by atomic mass is 32.2. The molecule has 3 rings (SSSR count). The molecule has 0 saturated carbocycles. The van der Waals surface area contributed by atoms with Crippen molar-refractivity contribution in [3.63, 3.8) is 0 Å². The Morgan fingerprint density at radius 3 is 2.42 bits per heavy atom. The molecule has 0 amide bonds. The summed E-state index contributed by atoms with van der Waals surface area (Å²) in [6.07, 6.45) is 2.16. The standard InChI is InChI=1S/C20H29FN2O2S/c1-14(2)7-8-22-9-10-23(19-13-26(24,25)12-18(19)22)11-17-6-5-15(3)20(21)16(17)4/h5-7,18-19H,8-13H2,1-4H3/t18-,19+/m1/s1. The molecule has 2 heterocycles. The minimum atomic E-state index is -3.03. The van der Waals surface area contributed by atoms with Crippen molar-refractivity contribution in [3.8, 4) is 0 Å².